The fraction of sp³-hybridized carbons (Fsp3) is 0.304. The highest BCUT2D eigenvalue weighted by Gasteiger charge is 2.34. The highest BCUT2D eigenvalue weighted by Crippen LogP contribution is 2.25. The summed E-state index contributed by atoms with van der Waals surface area (Å²) in [5.74, 6) is -1.04. The highest BCUT2D eigenvalue weighted by atomic mass is 16.2. The molecule has 0 aliphatic carbocycles. The largest absolute Gasteiger partial charge is 0.352 e. The second-order valence-corrected chi connectivity index (χ2v) is 7.70. The number of carbonyl (C=O) groups is 4. The van der Waals surface area contributed by atoms with Crippen LogP contribution in [-0.4, -0.2) is 53.6 Å². The van der Waals surface area contributed by atoms with Crippen molar-refractivity contribution in [1.29, 1.82) is 0 Å². The molecule has 2 aromatic carbocycles. The second kappa shape index (κ2) is 8.10. The molecule has 2 aromatic rings. The Hall–Kier alpha value is -3.48. The van der Waals surface area contributed by atoms with E-state index in [2.05, 4.69) is 5.32 Å². The van der Waals surface area contributed by atoms with E-state index in [1.54, 1.807) is 11.0 Å². The lowest BCUT2D eigenvalue weighted by molar-refractivity contribution is -0.126. The quantitative estimate of drug-likeness (QED) is 0.789. The molecule has 7 heteroatoms. The minimum Gasteiger partial charge on any atom is -0.352 e. The first-order valence-electron chi connectivity index (χ1n) is 10.0. The van der Waals surface area contributed by atoms with Crippen molar-refractivity contribution < 1.29 is 19.2 Å². The number of amides is 4. The molecule has 2 aliphatic rings. The van der Waals surface area contributed by atoms with Gasteiger partial charge in [-0.1, -0.05) is 30.3 Å². The third kappa shape index (κ3) is 3.70. The fourth-order valence-electron chi connectivity index (χ4n) is 3.95. The van der Waals surface area contributed by atoms with E-state index in [1.807, 2.05) is 30.3 Å². The smallest absolute Gasteiger partial charge is 0.261 e. The zero-order valence-electron chi connectivity index (χ0n) is 16.8. The van der Waals surface area contributed by atoms with Gasteiger partial charge < -0.3 is 10.2 Å². The molecule has 0 unspecified atom stereocenters. The Morgan fingerprint density at radius 2 is 1.63 bits per heavy atom. The number of hydrogen-bond acceptors (Lipinski definition) is 4. The average Bonchev–Trinajstić information content (AvgIpc) is 3.01. The molecule has 0 atom stereocenters. The highest BCUT2D eigenvalue weighted by molar-refractivity contribution is 6.21. The van der Waals surface area contributed by atoms with Crippen molar-refractivity contribution in [3.63, 3.8) is 0 Å². The molecule has 2 aliphatic heterocycles. The van der Waals surface area contributed by atoms with Crippen LogP contribution in [0.1, 0.15) is 49.5 Å². The van der Waals surface area contributed by atoms with Crippen molar-refractivity contribution in [2.45, 2.75) is 19.4 Å². The maximum Gasteiger partial charge on any atom is 0.261 e. The summed E-state index contributed by atoms with van der Waals surface area (Å²) in [5, 5.41) is 2.97. The van der Waals surface area contributed by atoms with Crippen LogP contribution in [0.3, 0.4) is 0 Å². The van der Waals surface area contributed by atoms with E-state index in [0.29, 0.717) is 43.6 Å². The number of piperidine rings is 1. The maximum absolute atomic E-state index is 12.9. The first kappa shape index (κ1) is 19.8. The summed E-state index contributed by atoms with van der Waals surface area (Å²) < 4.78 is 0. The molecule has 1 fully saturated rings. The topological polar surface area (TPSA) is 86.8 Å². The average molecular weight is 405 g/mol. The Kier molecular flexibility index (Phi) is 5.35. The fourth-order valence-corrected chi connectivity index (χ4v) is 3.95. The van der Waals surface area contributed by atoms with Gasteiger partial charge in [-0.05, 0) is 36.6 Å². The molecule has 0 saturated carbocycles. The first-order chi connectivity index (χ1) is 14.5. The summed E-state index contributed by atoms with van der Waals surface area (Å²) in [6, 6.07) is 14.4. The van der Waals surface area contributed by atoms with Gasteiger partial charge in [0, 0.05) is 38.2 Å². The van der Waals surface area contributed by atoms with Gasteiger partial charge in [-0.2, -0.15) is 0 Å². The van der Waals surface area contributed by atoms with Gasteiger partial charge in [0.25, 0.3) is 17.7 Å². The maximum atomic E-state index is 12.9. The number of hydrogen-bond donors (Lipinski definition) is 1. The summed E-state index contributed by atoms with van der Waals surface area (Å²) in [6.07, 6.45) is 1.19. The SMILES string of the molecule is CN1C(=O)c2ccc(C(=O)N3CCC(C(=O)NCc4ccccc4)CC3)cc2C1=O. The third-order valence-electron chi connectivity index (χ3n) is 5.80. The van der Waals surface area contributed by atoms with Crippen molar-refractivity contribution in [3.05, 3.63) is 70.8 Å². The van der Waals surface area contributed by atoms with Crippen LogP contribution < -0.4 is 5.32 Å². The van der Waals surface area contributed by atoms with E-state index in [9.17, 15) is 19.2 Å². The molecule has 7 nitrogen and oxygen atoms in total. The molecule has 154 valence electrons. The van der Waals surface area contributed by atoms with Crippen LogP contribution in [0, 0.1) is 5.92 Å². The number of carbonyl (C=O) groups excluding carboxylic acids is 4. The number of likely N-dealkylation sites (tertiary alicyclic amines) is 1. The molecule has 2 heterocycles. The van der Waals surface area contributed by atoms with E-state index >= 15 is 0 Å². The predicted octanol–water partition coefficient (Wildman–Crippen LogP) is 2.08. The normalized spacial score (nSPS) is 16.6. The molecule has 0 spiro atoms. The molecule has 0 radical (unpaired) electrons. The van der Waals surface area contributed by atoms with Gasteiger partial charge in [0.05, 0.1) is 11.1 Å². The number of nitrogens with zero attached hydrogens (tertiary/aromatic N) is 2. The summed E-state index contributed by atoms with van der Waals surface area (Å²) in [5.41, 5.74) is 2.03. The van der Waals surface area contributed by atoms with Crippen molar-refractivity contribution >= 4 is 23.6 Å². The van der Waals surface area contributed by atoms with E-state index in [-0.39, 0.29) is 29.2 Å². The van der Waals surface area contributed by atoms with Crippen molar-refractivity contribution in [2.75, 3.05) is 20.1 Å². The zero-order chi connectivity index (χ0) is 21.3. The van der Waals surface area contributed by atoms with Crippen LogP contribution in [-0.2, 0) is 11.3 Å². The Morgan fingerprint density at radius 3 is 2.33 bits per heavy atom. The monoisotopic (exact) mass is 405 g/mol. The molecule has 4 amide bonds. The van der Waals surface area contributed by atoms with Gasteiger partial charge in [0.15, 0.2) is 0 Å². The first-order valence-corrected chi connectivity index (χ1v) is 10.0. The third-order valence-corrected chi connectivity index (χ3v) is 5.80. The van der Waals surface area contributed by atoms with Crippen LogP contribution in [0.5, 0.6) is 0 Å². The molecule has 0 bridgehead atoms. The van der Waals surface area contributed by atoms with Crippen LogP contribution in [0.15, 0.2) is 48.5 Å². The number of imide groups is 1. The van der Waals surface area contributed by atoms with Crippen molar-refractivity contribution in [2.24, 2.45) is 5.92 Å². The Labute approximate surface area is 174 Å². The molecule has 1 N–H and O–H groups in total. The predicted molar refractivity (Wildman–Crippen MR) is 110 cm³/mol. The van der Waals surface area contributed by atoms with Gasteiger partial charge in [0.2, 0.25) is 5.91 Å². The van der Waals surface area contributed by atoms with Crippen LogP contribution in [0.4, 0.5) is 0 Å². The minimum atomic E-state index is -0.390. The van der Waals surface area contributed by atoms with Gasteiger partial charge in [-0.3, -0.25) is 24.1 Å². The lowest BCUT2D eigenvalue weighted by atomic mass is 9.95. The Bertz CT molecular complexity index is 1010. The van der Waals surface area contributed by atoms with E-state index < -0.39 is 5.91 Å². The lowest BCUT2D eigenvalue weighted by Gasteiger charge is -2.31. The van der Waals surface area contributed by atoms with Crippen LogP contribution in [0.25, 0.3) is 0 Å². The van der Waals surface area contributed by atoms with Crippen LogP contribution in [0.2, 0.25) is 0 Å². The minimum absolute atomic E-state index is 0.00984. The van der Waals surface area contributed by atoms with Gasteiger partial charge in [0.1, 0.15) is 0 Å². The molecular weight excluding hydrogens is 382 g/mol. The molecule has 1 saturated heterocycles. The lowest BCUT2D eigenvalue weighted by Crippen LogP contribution is -2.43. The molecule has 30 heavy (non-hydrogen) atoms. The summed E-state index contributed by atoms with van der Waals surface area (Å²) in [7, 11) is 1.43. The number of benzene rings is 2. The van der Waals surface area contributed by atoms with Crippen molar-refractivity contribution in [3.8, 4) is 0 Å². The number of nitrogens with one attached hydrogen (secondary N) is 1. The van der Waals surface area contributed by atoms with E-state index in [1.165, 1.54) is 19.2 Å². The number of fused-ring (bicyclic) bond motifs is 1. The Balaban J connectivity index is 1.34. The van der Waals surface area contributed by atoms with Crippen LogP contribution >= 0.6 is 0 Å². The molecular formula is C23H23N3O4. The summed E-state index contributed by atoms with van der Waals surface area (Å²) >= 11 is 0. The van der Waals surface area contributed by atoms with E-state index in [4.69, 9.17) is 0 Å². The zero-order valence-corrected chi connectivity index (χ0v) is 16.8. The van der Waals surface area contributed by atoms with Gasteiger partial charge in [-0.25, -0.2) is 0 Å². The van der Waals surface area contributed by atoms with E-state index in [0.717, 1.165) is 10.5 Å². The number of rotatable bonds is 4. The van der Waals surface area contributed by atoms with Gasteiger partial charge >= 0.3 is 0 Å². The summed E-state index contributed by atoms with van der Waals surface area (Å²) in [4.78, 5) is 52.3. The standard InChI is InChI=1S/C23H23N3O4/c1-25-22(29)18-8-7-17(13-19(18)23(25)30)21(28)26-11-9-16(10-12-26)20(27)24-14-15-5-3-2-4-6-15/h2-8,13,16H,9-12,14H2,1H3,(H,24,27). The molecule has 0 aromatic heterocycles. The second-order valence-electron chi connectivity index (χ2n) is 7.70. The molecule has 4 rings (SSSR count). The Morgan fingerprint density at radius 1 is 0.967 bits per heavy atom. The summed E-state index contributed by atoms with van der Waals surface area (Å²) in [6.45, 7) is 1.45. The van der Waals surface area contributed by atoms with Gasteiger partial charge in [-0.15, -0.1) is 0 Å². The van der Waals surface area contributed by atoms with Crippen molar-refractivity contribution in [1.82, 2.24) is 15.1 Å².